The quantitative estimate of drug-likeness (QED) is 0.274. The van der Waals surface area contributed by atoms with Crippen molar-refractivity contribution in [2.75, 3.05) is 55.0 Å². The Balaban J connectivity index is 2.66. The number of aliphatic hydroxyl groups is 4. The molecule has 0 aromatic heterocycles. The van der Waals surface area contributed by atoms with Gasteiger partial charge in [-0.05, 0) is 35.4 Å². The fourth-order valence-electron chi connectivity index (χ4n) is 2.99. The van der Waals surface area contributed by atoms with Crippen molar-refractivity contribution < 1.29 is 20.4 Å². The van der Waals surface area contributed by atoms with E-state index in [0.717, 1.165) is 16.9 Å². The second kappa shape index (κ2) is 9.98. The number of nitrogens with one attached hydrogen (secondary N) is 2. The Kier molecular flexibility index (Phi) is 7.68. The van der Waals surface area contributed by atoms with Gasteiger partial charge in [0.2, 0.25) is 0 Å². The van der Waals surface area contributed by atoms with Gasteiger partial charge in [0.25, 0.3) is 0 Å². The number of aliphatic hydroxyl groups excluding tert-OH is 4. The highest BCUT2D eigenvalue weighted by atomic mass is 16.3. The van der Waals surface area contributed by atoms with Gasteiger partial charge in [0.15, 0.2) is 0 Å². The van der Waals surface area contributed by atoms with E-state index in [1.54, 1.807) is 12.1 Å². The Morgan fingerprint density at radius 1 is 0.926 bits per heavy atom. The summed E-state index contributed by atoms with van der Waals surface area (Å²) in [5.74, 6) is 0. The molecule has 27 heavy (non-hydrogen) atoms. The summed E-state index contributed by atoms with van der Waals surface area (Å²) in [4.78, 5) is 0. The van der Waals surface area contributed by atoms with Gasteiger partial charge >= 0.3 is 0 Å². The molecular formula is C19H28N4O4. The number of rotatable bonds is 10. The van der Waals surface area contributed by atoms with Gasteiger partial charge in [-0.15, -0.1) is 0 Å². The lowest BCUT2D eigenvalue weighted by Crippen LogP contribution is -2.17. The third-order valence-electron chi connectivity index (χ3n) is 4.15. The average molecular weight is 376 g/mol. The van der Waals surface area contributed by atoms with Crippen LogP contribution in [0.4, 0.5) is 22.7 Å². The van der Waals surface area contributed by atoms with Gasteiger partial charge in [0, 0.05) is 47.8 Å². The van der Waals surface area contributed by atoms with Gasteiger partial charge in [0.05, 0.1) is 25.9 Å². The highest BCUT2D eigenvalue weighted by Gasteiger charge is 2.19. The molecule has 0 aliphatic rings. The number of nitrogens with two attached hydrogens (primary N) is 2. The maximum atomic E-state index is 9.96. The van der Waals surface area contributed by atoms with Crippen LogP contribution < -0.4 is 22.1 Å². The summed E-state index contributed by atoms with van der Waals surface area (Å²) in [7, 11) is 0. The standard InChI is InChI=1S/C19H28N4O4/c20-12-8-15(14(16(21)9-12)10-13(27)11-26)19-17(22-4-6-24)2-1-3-18(19)23-5-7-25/h1-3,8-9,13,22-27H,4-7,10-11,20-21H2. The van der Waals surface area contributed by atoms with Crippen LogP contribution in [0.3, 0.4) is 0 Å². The van der Waals surface area contributed by atoms with Crippen LogP contribution in [0.5, 0.6) is 0 Å². The fraction of sp³-hybridized carbons (Fsp3) is 0.368. The molecule has 0 radical (unpaired) electrons. The Hall–Kier alpha value is -2.52. The zero-order chi connectivity index (χ0) is 19.8. The van der Waals surface area contributed by atoms with Crippen molar-refractivity contribution in [3.63, 3.8) is 0 Å². The zero-order valence-electron chi connectivity index (χ0n) is 15.2. The van der Waals surface area contributed by atoms with Crippen molar-refractivity contribution in [3.8, 4) is 11.1 Å². The molecule has 0 heterocycles. The molecule has 0 saturated heterocycles. The lowest BCUT2D eigenvalue weighted by atomic mass is 9.91. The highest BCUT2D eigenvalue weighted by Crippen LogP contribution is 2.40. The predicted octanol–water partition coefficient (Wildman–Crippen LogP) is 0.222. The van der Waals surface area contributed by atoms with E-state index in [2.05, 4.69) is 10.6 Å². The Bertz CT molecular complexity index is 728. The summed E-state index contributed by atoms with van der Waals surface area (Å²) in [6.07, 6.45) is -0.799. The third kappa shape index (κ3) is 5.24. The van der Waals surface area contributed by atoms with Crippen molar-refractivity contribution in [2.45, 2.75) is 12.5 Å². The maximum Gasteiger partial charge on any atom is 0.0812 e. The minimum atomic E-state index is -0.957. The lowest BCUT2D eigenvalue weighted by Gasteiger charge is -2.22. The highest BCUT2D eigenvalue weighted by molar-refractivity contribution is 5.93. The van der Waals surface area contributed by atoms with Crippen LogP contribution in [-0.2, 0) is 6.42 Å². The summed E-state index contributed by atoms with van der Waals surface area (Å²) in [5, 5.41) is 43.9. The summed E-state index contributed by atoms with van der Waals surface area (Å²) in [6.45, 7) is 0.237. The first-order valence-corrected chi connectivity index (χ1v) is 8.81. The molecule has 8 heteroatoms. The SMILES string of the molecule is Nc1cc(N)c(CC(O)CO)c(-c2c(NCCO)cccc2NCCO)c1. The molecule has 0 aliphatic heterocycles. The van der Waals surface area contributed by atoms with E-state index >= 15 is 0 Å². The summed E-state index contributed by atoms with van der Waals surface area (Å²) in [6, 6.07) is 8.95. The molecule has 2 aromatic carbocycles. The van der Waals surface area contributed by atoms with E-state index in [1.165, 1.54) is 0 Å². The van der Waals surface area contributed by atoms with Crippen LogP contribution in [0.2, 0.25) is 0 Å². The van der Waals surface area contributed by atoms with Crippen molar-refractivity contribution in [3.05, 3.63) is 35.9 Å². The second-order valence-electron chi connectivity index (χ2n) is 6.21. The van der Waals surface area contributed by atoms with Crippen molar-refractivity contribution in [1.82, 2.24) is 0 Å². The Morgan fingerprint density at radius 3 is 2.04 bits per heavy atom. The van der Waals surface area contributed by atoms with E-state index < -0.39 is 6.10 Å². The van der Waals surface area contributed by atoms with Crippen LogP contribution in [0, 0.1) is 0 Å². The average Bonchev–Trinajstić information content (AvgIpc) is 2.66. The smallest absolute Gasteiger partial charge is 0.0812 e. The van der Waals surface area contributed by atoms with Crippen LogP contribution in [-0.4, -0.2) is 59.4 Å². The number of hydrogen-bond acceptors (Lipinski definition) is 8. The van der Waals surface area contributed by atoms with Crippen molar-refractivity contribution in [1.29, 1.82) is 0 Å². The van der Waals surface area contributed by atoms with E-state index in [9.17, 15) is 20.4 Å². The van der Waals surface area contributed by atoms with E-state index in [0.29, 0.717) is 35.6 Å². The summed E-state index contributed by atoms with van der Waals surface area (Å²) in [5.41, 5.74) is 16.7. The lowest BCUT2D eigenvalue weighted by molar-refractivity contribution is 0.0957. The molecule has 0 fully saturated rings. The zero-order valence-corrected chi connectivity index (χ0v) is 15.2. The molecule has 2 rings (SSSR count). The Morgan fingerprint density at radius 2 is 1.52 bits per heavy atom. The maximum absolute atomic E-state index is 9.96. The number of benzene rings is 2. The topological polar surface area (TPSA) is 157 Å². The predicted molar refractivity (Wildman–Crippen MR) is 109 cm³/mol. The summed E-state index contributed by atoms with van der Waals surface area (Å²) < 4.78 is 0. The van der Waals surface area contributed by atoms with Gasteiger partial charge in [-0.3, -0.25) is 0 Å². The number of hydrogen-bond donors (Lipinski definition) is 8. The van der Waals surface area contributed by atoms with Gasteiger partial charge < -0.3 is 42.5 Å². The number of anilines is 4. The molecular weight excluding hydrogens is 348 g/mol. The largest absolute Gasteiger partial charge is 0.399 e. The minimum absolute atomic E-state index is 0.0388. The van der Waals surface area contributed by atoms with Crippen LogP contribution in [0.1, 0.15) is 5.56 Å². The Labute approximate surface area is 158 Å². The van der Waals surface area contributed by atoms with Gasteiger partial charge in [-0.2, -0.15) is 0 Å². The van der Waals surface area contributed by atoms with E-state index in [1.807, 2.05) is 18.2 Å². The first-order valence-electron chi connectivity index (χ1n) is 8.81. The van der Waals surface area contributed by atoms with Crippen LogP contribution in [0.25, 0.3) is 11.1 Å². The molecule has 148 valence electrons. The monoisotopic (exact) mass is 376 g/mol. The van der Waals surface area contributed by atoms with E-state index in [4.69, 9.17) is 11.5 Å². The molecule has 0 amide bonds. The third-order valence-corrected chi connectivity index (χ3v) is 4.15. The molecule has 0 spiro atoms. The molecule has 1 unspecified atom stereocenters. The molecule has 2 aromatic rings. The molecule has 0 bridgehead atoms. The van der Waals surface area contributed by atoms with Crippen molar-refractivity contribution in [2.24, 2.45) is 0 Å². The second-order valence-corrected chi connectivity index (χ2v) is 6.21. The molecule has 0 aliphatic carbocycles. The minimum Gasteiger partial charge on any atom is -0.399 e. The molecule has 1 atom stereocenters. The van der Waals surface area contributed by atoms with Gasteiger partial charge in [-0.25, -0.2) is 0 Å². The molecule has 0 saturated carbocycles. The van der Waals surface area contributed by atoms with Gasteiger partial charge in [0.1, 0.15) is 0 Å². The van der Waals surface area contributed by atoms with Crippen LogP contribution >= 0.6 is 0 Å². The number of nitrogen functional groups attached to an aromatic ring is 2. The van der Waals surface area contributed by atoms with E-state index in [-0.39, 0.29) is 26.2 Å². The van der Waals surface area contributed by atoms with Crippen molar-refractivity contribution >= 4 is 22.7 Å². The fourth-order valence-corrected chi connectivity index (χ4v) is 2.99. The first-order chi connectivity index (χ1) is 13.0. The summed E-state index contributed by atoms with van der Waals surface area (Å²) >= 11 is 0. The van der Waals surface area contributed by atoms with Crippen LogP contribution in [0.15, 0.2) is 30.3 Å². The molecule has 10 N–H and O–H groups in total. The first kappa shape index (κ1) is 20.8. The van der Waals surface area contributed by atoms with Gasteiger partial charge in [-0.1, -0.05) is 6.07 Å². The molecule has 8 nitrogen and oxygen atoms in total. The normalized spacial score (nSPS) is 12.0.